The van der Waals surface area contributed by atoms with E-state index >= 15 is 0 Å². The maximum absolute atomic E-state index is 12.1. The minimum absolute atomic E-state index is 0.0999. The molecule has 0 radical (unpaired) electrons. The highest BCUT2D eigenvalue weighted by Gasteiger charge is 2.24. The smallest absolute Gasteiger partial charge is 0.257 e. The van der Waals surface area contributed by atoms with E-state index in [0.717, 1.165) is 40.0 Å². The first kappa shape index (κ1) is 10.3. The van der Waals surface area contributed by atoms with E-state index in [1.54, 1.807) is 18.3 Å². The Hall–Kier alpha value is -2.62. The van der Waals surface area contributed by atoms with Crippen molar-refractivity contribution in [2.45, 2.75) is 6.42 Å². The van der Waals surface area contributed by atoms with Crippen molar-refractivity contribution in [3.05, 3.63) is 58.0 Å². The third-order valence-electron chi connectivity index (χ3n) is 3.71. The maximum Gasteiger partial charge on any atom is 0.257 e. The van der Waals surface area contributed by atoms with Crippen LogP contribution in [0.4, 0.5) is 5.69 Å². The van der Waals surface area contributed by atoms with Gasteiger partial charge in [-0.15, -0.1) is 0 Å². The molecule has 4 rings (SSSR count). The molecule has 1 aliphatic carbocycles. The number of benzene rings is 1. The first-order valence-electron chi connectivity index (χ1n) is 6.13. The molecule has 0 saturated heterocycles. The predicted molar refractivity (Wildman–Crippen MR) is 75.0 cm³/mol. The van der Waals surface area contributed by atoms with Gasteiger partial charge in [-0.05, 0) is 23.8 Å². The number of hydrogen-bond donors (Lipinski definition) is 2. The molecule has 0 amide bonds. The Morgan fingerprint density at radius 2 is 2.05 bits per heavy atom. The van der Waals surface area contributed by atoms with Gasteiger partial charge in [0, 0.05) is 29.4 Å². The van der Waals surface area contributed by atoms with E-state index in [2.05, 4.69) is 9.97 Å². The van der Waals surface area contributed by atoms with Gasteiger partial charge >= 0.3 is 0 Å². The summed E-state index contributed by atoms with van der Waals surface area (Å²) in [7, 11) is 0. The largest absolute Gasteiger partial charge is 0.398 e. The van der Waals surface area contributed by atoms with E-state index in [4.69, 9.17) is 5.73 Å². The number of rotatable bonds is 0. The molecule has 1 aromatic carbocycles. The first-order valence-corrected chi connectivity index (χ1v) is 6.13. The summed E-state index contributed by atoms with van der Waals surface area (Å²) in [6, 6.07) is 9.36. The van der Waals surface area contributed by atoms with E-state index in [-0.39, 0.29) is 5.56 Å². The van der Waals surface area contributed by atoms with Gasteiger partial charge in [0.25, 0.3) is 5.56 Å². The molecule has 4 nitrogen and oxygen atoms in total. The minimum Gasteiger partial charge on any atom is -0.398 e. The average molecular weight is 249 g/mol. The molecule has 0 aliphatic heterocycles. The standard InChI is InChI=1S/C15H11N3O/c16-12-5-1-3-8-10(12)7-11-13-9(4-2-6-17-13)15(19)18-14(8)11/h1-6H,7,16H2,(H,18,19). The molecule has 2 heterocycles. The second-order valence-electron chi connectivity index (χ2n) is 4.76. The van der Waals surface area contributed by atoms with Crippen LogP contribution in [0.2, 0.25) is 0 Å². The van der Waals surface area contributed by atoms with Crippen molar-refractivity contribution in [1.29, 1.82) is 0 Å². The molecule has 0 unspecified atom stereocenters. The predicted octanol–water partition coefficient (Wildman–Crippen LogP) is 2.08. The van der Waals surface area contributed by atoms with Crippen molar-refractivity contribution in [2.24, 2.45) is 0 Å². The third kappa shape index (κ3) is 1.28. The Morgan fingerprint density at radius 1 is 1.16 bits per heavy atom. The van der Waals surface area contributed by atoms with E-state index in [1.807, 2.05) is 18.2 Å². The molecular weight excluding hydrogens is 238 g/mol. The van der Waals surface area contributed by atoms with Gasteiger partial charge in [-0.3, -0.25) is 9.78 Å². The van der Waals surface area contributed by atoms with E-state index in [1.165, 1.54) is 0 Å². The van der Waals surface area contributed by atoms with Crippen molar-refractivity contribution >= 4 is 16.6 Å². The van der Waals surface area contributed by atoms with Gasteiger partial charge in [-0.2, -0.15) is 0 Å². The van der Waals surface area contributed by atoms with Gasteiger partial charge in [-0.1, -0.05) is 12.1 Å². The summed E-state index contributed by atoms with van der Waals surface area (Å²) in [6.45, 7) is 0. The quantitative estimate of drug-likeness (QED) is 0.469. The highest BCUT2D eigenvalue weighted by atomic mass is 16.1. The minimum atomic E-state index is -0.0999. The van der Waals surface area contributed by atoms with Crippen molar-refractivity contribution in [2.75, 3.05) is 5.73 Å². The highest BCUT2D eigenvalue weighted by molar-refractivity contribution is 5.91. The summed E-state index contributed by atoms with van der Waals surface area (Å²) < 4.78 is 0. The Bertz CT molecular complexity index is 880. The zero-order valence-electron chi connectivity index (χ0n) is 10.1. The van der Waals surface area contributed by atoms with E-state index in [0.29, 0.717) is 5.39 Å². The van der Waals surface area contributed by atoms with Crippen LogP contribution in [0, 0.1) is 0 Å². The fourth-order valence-corrected chi connectivity index (χ4v) is 2.82. The zero-order chi connectivity index (χ0) is 13.0. The molecule has 19 heavy (non-hydrogen) atoms. The summed E-state index contributed by atoms with van der Waals surface area (Å²) in [6.07, 6.45) is 2.44. The van der Waals surface area contributed by atoms with Crippen molar-refractivity contribution in [1.82, 2.24) is 9.97 Å². The average Bonchev–Trinajstić information content (AvgIpc) is 2.80. The summed E-state index contributed by atoms with van der Waals surface area (Å²) >= 11 is 0. The number of aromatic amines is 1. The molecular formula is C15H11N3O. The van der Waals surface area contributed by atoms with Gasteiger partial charge in [0.05, 0.1) is 16.6 Å². The SMILES string of the molecule is Nc1cccc2c1Cc1c-2[nH]c(=O)c2cccnc12. The Labute approximate surface area is 108 Å². The molecule has 92 valence electrons. The van der Waals surface area contributed by atoms with Crippen LogP contribution in [-0.4, -0.2) is 9.97 Å². The molecule has 4 heteroatoms. The number of nitrogens with two attached hydrogens (primary N) is 1. The molecule has 3 N–H and O–H groups in total. The summed E-state index contributed by atoms with van der Waals surface area (Å²) in [5.41, 5.74) is 11.5. The fourth-order valence-electron chi connectivity index (χ4n) is 2.82. The topological polar surface area (TPSA) is 71.8 Å². The molecule has 2 aromatic heterocycles. The van der Waals surface area contributed by atoms with Gasteiger partial charge in [0.1, 0.15) is 0 Å². The summed E-state index contributed by atoms with van der Waals surface area (Å²) in [5.74, 6) is 0. The molecule has 1 aliphatic rings. The van der Waals surface area contributed by atoms with Crippen LogP contribution in [0.1, 0.15) is 11.1 Å². The van der Waals surface area contributed by atoms with Crippen LogP contribution >= 0.6 is 0 Å². The number of nitrogens with zero attached hydrogens (tertiary/aromatic N) is 1. The van der Waals surface area contributed by atoms with Gasteiger partial charge in [0.2, 0.25) is 0 Å². The lowest BCUT2D eigenvalue weighted by molar-refractivity contribution is 1.20. The van der Waals surface area contributed by atoms with Gasteiger partial charge in [0.15, 0.2) is 0 Å². The fraction of sp³-hybridized carbons (Fsp3) is 0.0667. The zero-order valence-corrected chi connectivity index (χ0v) is 10.1. The molecule has 0 fully saturated rings. The second-order valence-corrected chi connectivity index (χ2v) is 4.76. The number of fused-ring (bicyclic) bond motifs is 5. The molecule has 0 atom stereocenters. The van der Waals surface area contributed by atoms with Crippen molar-refractivity contribution in [3.8, 4) is 11.3 Å². The first-order chi connectivity index (χ1) is 9.25. The number of aromatic nitrogens is 2. The van der Waals surface area contributed by atoms with E-state index < -0.39 is 0 Å². The normalized spacial score (nSPS) is 12.4. The number of hydrogen-bond acceptors (Lipinski definition) is 3. The van der Waals surface area contributed by atoms with Crippen LogP contribution in [0.5, 0.6) is 0 Å². The lowest BCUT2D eigenvalue weighted by Crippen LogP contribution is -2.09. The molecule has 3 aromatic rings. The van der Waals surface area contributed by atoms with Crippen molar-refractivity contribution < 1.29 is 0 Å². The van der Waals surface area contributed by atoms with Crippen LogP contribution in [0.15, 0.2) is 41.3 Å². The number of pyridine rings is 2. The van der Waals surface area contributed by atoms with E-state index in [9.17, 15) is 4.79 Å². The molecule has 0 bridgehead atoms. The highest BCUT2D eigenvalue weighted by Crippen LogP contribution is 2.39. The lowest BCUT2D eigenvalue weighted by Gasteiger charge is -2.04. The lowest BCUT2D eigenvalue weighted by atomic mass is 10.1. The number of nitrogen functional groups attached to an aromatic ring is 1. The maximum atomic E-state index is 12.1. The van der Waals surface area contributed by atoms with Crippen molar-refractivity contribution in [3.63, 3.8) is 0 Å². The number of anilines is 1. The van der Waals surface area contributed by atoms with Crippen LogP contribution in [0.25, 0.3) is 22.2 Å². The number of H-pyrrole nitrogens is 1. The van der Waals surface area contributed by atoms with Gasteiger partial charge < -0.3 is 10.7 Å². The Balaban J connectivity index is 2.16. The van der Waals surface area contributed by atoms with Crippen LogP contribution in [-0.2, 0) is 6.42 Å². The van der Waals surface area contributed by atoms with Crippen LogP contribution < -0.4 is 11.3 Å². The number of nitrogens with one attached hydrogen (secondary N) is 1. The molecule has 0 saturated carbocycles. The third-order valence-corrected chi connectivity index (χ3v) is 3.71. The molecule has 0 spiro atoms. The second kappa shape index (κ2) is 3.45. The van der Waals surface area contributed by atoms with Crippen LogP contribution in [0.3, 0.4) is 0 Å². The monoisotopic (exact) mass is 249 g/mol. The Morgan fingerprint density at radius 3 is 2.95 bits per heavy atom. The summed E-state index contributed by atoms with van der Waals surface area (Å²) in [4.78, 5) is 19.4. The summed E-state index contributed by atoms with van der Waals surface area (Å²) in [5, 5.41) is 0.632. The Kier molecular flexibility index (Phi) is 1.87. The van der Waals surface area contributed by atoms with Gasteiger partial charge in [-0.25, -0.2) is 0 Å².